The summed E-state index contributed by atoms with van der Waals surface area (Å²) in [6.07, 6.45) is 3.59. The minimum absolute atomic E-state index is 0.125. The molecular weight excluding hydrogens is 404 g/mol. The van der Waals surface area contributed by atoms with E-state index in [0.29, 0.717) is 12.8 Å². The van der Waals surface area contributed by atoms with Crippen molar-refractivity contribution in [2.24, 2.45) is 18.4 Å². The van der Waals surface area contributed by atoms with Gasteiger partial charge in [0, 0.05) is 13.2 Å². The Hall–Kier alpha value is -3.17. The van der Waals surface area contributed by atoms with Crippen molar-refractivity contribution >= 4 is 29.7 Å². The van der Waals surface area contributed by atoms with Crippen LogP contribution in [0.25, 0.3) is 0 Å². The molecular formula is C21H28N4O6. The first kappa shape index (κ1) is 22.5. The maximum absolute atomic E-state index is 13.0. The largest absolute Gasteiger partial charge is 0.454 e. The van der Waals surface area contributed by atoms with Crippen molar-refractivity contribution in [1.29, 1.82) is 0 Å². The number of nitrogens with zero attached hydrogens (tertiary/aromatic N) is 2. The van der Waals surface area contributed by atoms with Gasteiger partial charge in [-0.1, -0.05) is 20.8 Å². The molecule has 5 amide bonds. The average molecular weight is 432 g/mol. The van der Waals surface area contributed by atoms with Crippen LogP contribution in [0.4, 0.5) is 4.79 Å². The number of urea groups is 1. The Morgan fingerprint density at radius 2 is 1.97 bits per heavy atom. The Bertz CT molecular complexity index is 936. The van der Waals surface area contributed by atoms with E-state index in [9.17, 15) is 24.0 Å². The van der Waals surface area contributed by atoms with Crippen molar-refractivity contribution in [3.63, 3.8) is 0 Å². The molecule has 0 radical (unpaired) electrons. The number of aromatic nitrogens is 1. The molecule has 1 aromatic heterocycles. The van der Waals surface area contributed by atoms with Crippen molar-refractivity contribution in [2.45, 2.75) is 45.6 Å². The molecule has 10 heteroatoms. The Labute approximate surface area is 180 Å². The molecule has 1 saturated carbocycles. The number of imide groups is 2. The number of amides is 5. The molecule has 10 nitrogen and oxygen atoms in total. The van der Waals surface area contributed by atoms with E-state index in [1.54, 1.807) is 19.3 Å². The molecule has 1 spiro atoms. The van der Waals surface area contributed by atoms with E-state index in [1.165, 1.54) is 10.6 Å². The molecule has 3 rings (SSSR count). The molecule has 0 aromatic carbocycles. The standard InChI is InChI=1S/C21H28N4O6/c1-13-8-20(2,3)12-21(9-13)18(29)25(19(30)23-21)10-16(27)31-11-15(26)22-17(28)14-6-5-7-24(14)4/h5-7,13H,8-12H2,1-4H3,(H,23,30)(H,22,26,28)/t13-,21+/m0/s1. The molecule has 1 saturated heterocycles. The van der Waals surface area contributed by atoms with Gasteiger partial charge in [-0.25, -0.2) is 4.79 Å². The number of aryl methyl sites for hydroxylation is 1. The molecule has 168 valence electrons. The fourth-order valence-electron chi connectivity index (χ4n) is 4.89. The van der Waals surface area contributed by atoms with Gasteiger partial charge >= 0.3 is 12.0 Å². The highest BCUT2D eigenvalue weighted by atomic mass is 16.5. The highest BCUT2D eigenvalue weighted by Crippen LogP contribution is 2.46. The van der Waals surface area contributed by atoms with E-state index in [1.807, 2.05) is 6.92 Å². The second kappa shape index (κ2) is 8.16. The number of carbonyl (C=O) groups excluding carboxylic acids is 5. The minimum Gasteiger partial charge on any atom is -0.454 e. The van der Waals surface area contributed by atoms with Crippen LogP contribution in [0.1, 0.15) is 50.5 Å². The van der Waals surface area contributed by atoms with Crippen LogP contribution in [0.3, 0.4) is 0 Å². The third-order valence-corrected chi connectivity index (χ3v) is 5.71. The van der Waals surface area contributed by atoms with E-state index in [0.717, 1.165) is 11.3 Å². The smallest absolute Gasteiger partial charge is 0.326 e. The Morgan fingerprint density at radius 3 is 2.58 bits per heavy atom. The number of esters is 1. The molecule has 2 atom stereocenters. The lowest BCUT2D eigenvalue weighted by Gasteiger charge is -2.43. The van der Waals surface area contributed by atoms with Gasteiger partial charge < -0.3 is 14.6 Å². The summed E-state index contributed by atoms with van der Waals surface area (Å²) in [5, 5.41) is 4.89. The van der Waals surface area contributed by atoms with Crippen LogP contribution in [0.5, 0.6) is 0 Å². The van der Waals surface area contributed by atoms with Crippen LogP contribution in [-0.2, 0) is 26.2 Å². The van der Waals surface area contributed by atoms with Crippen LogP contribution in [-0.4, -0.2) is 57.9 Å². The van der Waals surface area contributed by atoms with Crippen molar-refractivity contribution in [3.8, 4) is 0 Å². The zero-order valence-corrected chi connectivity index (χ0v) is 18.2. The van der Waals surface area contributed by atoms with E-state index in [-0.39, 0.29) is 17.0 Å². The number of carbonyl (C=O) groups is 5. The molecule has 0 bridgehead atoms. The fourth-order valence-corrected chi connectivity index (χ4v) is 4.89. The number of ether oxygens (including phenoxy) is 1. The average Bonchev–Trinajstić information content (AvgIpc) is 3.15. The van der Waals surface area contributed by atoms with Gasteiger partial charge in [-0.2, -0.15) is 0 Å². The Morgan fingerprint density at radius 1 is 1.26 bits per heavy atom. The second-order valence-electron chi connectivity index (χ2n) is 9.30. The maximum atomic E-state index is 13.0. The summed E-state index contributed by atoms with van der Waals surface area (Å²) in [6.45, 7) is 4.84. The molecule has 2 fully saturated rings. The van der Waals surface area contributed by atoms with Gasteiger partial charge in [0.15, 0.2) is 6.61 Å². The molecule has 2 aliphatic rings. The third-order valence-electron chi connectivity index (χ3n) is 5.71. The monoisotopic (exact) mass is 432 g/mol. The van der Waals surface area contributed by atoms with E-state index in [2.05, 4.69) is 24.5 Å². The Kier molecular flexibility index (Phi) is 5.93. The van der Waals surface area contributed by atoms with Gasteiger partial charge in [-0.05, 0) is 42.7 Å². The quantitative estimate of drug-likeness (QED) is 0.527. The summed E-state index contributed by atoms with van der Waals surface area (Å²) in [6, 6.07) is 2.55. The topological polar surface area (TPSA) is 127 Å². The van der Waals surface area contributed by atoms with Crippen LogP contribution < -0.4 is 10.6 Å². The summed E-state index contributed by atoms with van der Waals surface area (Å²) in [5.41, 5.74) is -0.869. The molecule has 1 aromatic rings. The lowest BCUT2D eigenvalue weighted by atomic mass is 9.64. The highest BCUT2D eigenvalue weighted by Gasteiger charge is 2.56. The van der Waals surface area contributed by atoms with Gasteiger partial charge in [-0.3, -0.25) is 29.4 Å². The van der Waals surface area contributed by atoms with Crippen LogP contribution in [0.15, 0.2) is 18.3 Å². The second-order valence-corrected chi connectivity index (χ2v) is 9.30. The molecule has 1 aliphatic carbocycles. The van der Waals surface area contributed by atoms with Crippen molar-refractivity contribution in [2.75, 3.05) is 13.2 Å². The van der Waals surface area contributed by atoms with Crippen molar-refractivity contribution in [3.05, 3.63) is 24.0 Å². The molecule has 1 aliphatic heterocycles. The first-order valence-corrected chi connectivity index (χ1v) is 10.2. The van der Waals surface area contributed by atoms with Gasteiger partial charge in [0.25, 0.3) is 17.7 Å². The predicted molar refractivity (Wildman–Crippen MR) is 109 cm³/mol. The number of hydrogen-bond acceptors (Lipinski definition) is 6. The Balaban J connectivity index is 1.54. The summed E-state index contributed by atoms with van der Waals surface area (Å²) in [5.74, 6) is -2.55. The SMILES string of the molecule is C[C@H]1CC(C)(C)C[C@@]2(C1)NC(=O)N(CC(=O)OCC(=O)NC(=O)c1cccn1C)C2=O. The lowest BCUT2D eigenvalue weighted by molar-refractivity contribution is -0.151. The first-order chi connectivity index (χ1) is 14.4. The number of hydrogen-bond donors (Lipinski definition) is 2. The summed E-state index contributed by atoms with van der Waals surface area (Å²) < 4.78 is 6.40. The summed E-state index contributed by atoms with van der Waals surface area (Å²) in [7, 11) is 1.65. The minimum atomic E-state index is -1.02. The fraction of sp³-hybridized carbons (Fsp3) is 0.571. The number of nitrogens with one attached hydrogen (secondary N) is 2. The zero-order valence-electron chi connectivity index (χ0n) is 18.2. The van der Waals surface area contributed by atoms with Crippen LogP contribution >= 0.6 is 0 Å². The summed E-state index contributed by atoms with van der Waals surface area (Å²) >= 11 is 0. The van der Waals surface area contributed by atoms with Crippen molar-refractivity contribution in [1.82, 2.24) is 20.1 Å². The first-order valence-electron chi connectivity index (χ1n) is 10.2. The van der Waals surface area contributed by atoms with Crippen molar-refractivity contribution < 1.29 is 28.7 Å². The summed E-state index contributed by atoms with van der Waals surface area (Å²) in [4.78, 5) is 62.3. The van der Waals surface area contributed by atoms with E-state index >= 15 is 0 Å². The lowest BCUT2D eigenvalue weighted by Crippen LogP contribution is -2.54. The molecule has 31 heavy (non-hydrogen) atoms. The van der Waals surface area contributed by atoms with Gasteiger partial charge in [0.05, 0.1) is 0 Å². The molecule has 2 heterocycles. The zero-order chi connectivity index (χ0) is 23.0. The van der Waals surface area contributed by atoms with Gasteiger partial charge in [-0.15, -0.1) is 0 Å². The van der Waals surface area contributed by atoms with Crippen LogP contribution in [0, 0.1) is 11.3 Å². The van der Waals surface area contributed by atoms with Gasteiger partial charge in [0.2, 0.25) is 0 Å². The molecule has 2 N–H and O–H groups in total. The van der Waals surface area contributed by atoms with E-state index in [4.69, 9.17) is 4.74 Å². The van der Waals surface area contributed by atoms with E-state index < -0.39 is 48.4 Å². The highest BCUT2D eigenvalue weighted by molar-refractivity contribution is 6.09. The van der Waals surface area contributed by atoms with Gasteiger partial charge in [0.1, 0.15) is 17.8 Å². The van der Waals surface area contributed by atoms with Crippen LogP contribution in [0.2, 0.25) is 0 Å². The maximum Gasteiger partial charge on any atom is 0.326 e. The normalized spacial score (nSPS) is 24.8. The third kappa shape index (κ3) is 4.78. The molecule has 0 unspecified atom stereocenters. The predicted octanol–water partition coefficient (Wildman–Crippen LogP) is 0.961. The number of rotatable bonds is 5.